The number of amides is 1. The predicted molar refractivity (Wildman–Crippen MR) is 74.3 cm³/mol. The Morgan fingerprint density at radius 3 is 2.89 bits per heavy atom. The summed E-state index contributed by atoms with van der Waals surface area (Å²) in [7, 11) is 0. The average molecular weight is 256 g/mol. The molecule has 0 fully saturated rings. The lowest BCUT2D eigenvalue weighted by atomic mass is 10.0. The first-order valence-electron chi connectivity index (χ1n) is 6.42. The quantitative estimate of drug-likeness (QED) is 0.798. The van der Waals surface area contributed by atoms with Crippen LogP contribution in [0.2, 0.25) is 0 Å². The lowest BCUT2D eigenvalue weighted by Gasteiger charge is -2.29. The Morgan fingerprint density at radius 1 is 1.32 bits per heavy atom. The summed E-state index contributed by atoms with van der Waals surface area (Å²) >= 11 is 0. The second-order valence-corrected chi connectivity index (χ2v) is 4.86. The third-order valence-corrected chi connectivity index (χ3v) is 3.42. The molecule has 4 nitrogen and oxygen atoms in total. The van der Waals surface area contributed by atoms with Crippen LogP contribution in [0, 0.1) is 6.92 Å². The lowest BCUT2D eigenvalue weighted by molar-refractivity contribution is 0.0957. The molecule has 19 heavy (non-hydrogen) atoms. The molecule has 1 aromatic heterocycles. The normalized spacial score (nSPS) is 14.3. The number of hydrogen-bond donors (Lipinski definition) is 1. The van der Waals surface area contributed by atoms with E-state index in [1.54, 1.807) is 17.0 Å². The smallest absolute Gasteiger partial charge is 0.293 e. The van der Waals surface area contributed by atoms with Crippen molar-refractivity contribution in [3.05, 3.63) is 47.4 Å². The number of hydrogen-bond acceptors (Lipinski definition) is 3. The highest BCUT2D eigenvalue weighted by molar-refractivity contribution is 6.05. The van der Waals surface area contributed by atoms with E-state index in [-0.39, 0.29) is 5.91 Å². The second kappa shape index (κ2) is 4.46. The van der Waals surface area contributed by atoms with Crippen molar-refractivity contribution in [3.8, 4) is 0 Å². The third kappa shape index (κ3) is 2.10. The number of furan rings is 1. The highest BCUT2D eigenvalue weighted by atomic mass is 16.3. The van der Waals surface area contributed by atoms with E-state index >= 15 is 0 Å². The molecule has 0 radical (unpaired) electrons. The van der Waals surface area contributed by atoms with Gasteiger partial charge in [0.2, 0.25) is 0 Å². The van der Waals surface area contributed by atoms with Crippen molar-refractivity contribution in [2.24, 2.45) is 0 Å². The molecule has 98 valence electrons. The predicted octanol–water partition coefficient (Wildman–Crippen LogP) is 2.76. The van der Waals surface area contributed by atoms with Gasteiger partial charge in [-0.3, -0.25) is 4.79 Å². The standard InChI is InChI=1S/C15H16N2O2/c1-10-4-7-14(19-10)15(18)17-8-2-3-11-5-6-12(16)9-13(11)17/h4-7,9H,2-3,8,16H2,1H3. The first-order valence-corrected chi connectivity index (χ1v) is 6.42. The summed E-state index contributed by atoms with van der Waals surface area (Å²) in [5.41, 5.74) is 8.57. The molecule has 0 spiro atoms. The van der Waals surface area contributed by atoms with E-state index < -0.39 is 0 Å². The molecule has 4 heteroatoms. The van der Waals surface area contributed by atoms with E-state index in [0.29, 0.717) is 18.0 Å². The number of carbonyl (C=O) groups is 1. The SMILES string of the molecule is Cc1ccc(C(=O)N2CCCc3ccc(N)cc32)o1. The van der Waals surface area contributed by atoms with Gasteiger partial charge in [-0.1, -0.05) is 6.07 Å². The number of nitrogens with two attached hydrogens (primary N) is 1. The molecule has 0 saturated carbocycles. The molecule has 2 N–H and O–H groups in total. The minimum Gasteiger partial charge on any atom is -0.456 e. The van der Waals surface area contributed by atoms with Crippen LogP contribution in [0.25, 0.3) is 0 Å². The fourth-order valence-electron chi connectivity index (χ4n) is 2.49. The molecule has 1 amide bonds. The first kappa shape index (κ1) is 11.8. The van der Waals surface area contributed by atoms with E-state index in [0.717, 1.165) is 29.9 Å². The van der Waals surface area contributed by atoms with Crippen molar-refractivity contribution >= 4 is 17.3 Å². The summed E-state index contributed by atoms with van der Waals surface area (Å²) < 4.78 is 5.42. The number of nitrogen functional groups attached to an aromatic ring is 1. The molecule has 0 unspecified atom stereocenters. The summed E-state index contributed by atoms with van der Waals surface area (Å²) in [6.07, 6.45) is 1.94. The summed E-state index contributed by atoms with van der Waals surface area (Å²) in [5, 5.41) is 0. The van der Waals surface area contributed by atoms with Crippen LogP contribution in [0.1, 0.15) is 28.3 Å². The Labute approximate surface area is 111 Å². The molecule has 1 aromatic carbocycles. The molecule has 0 saturated heterocycles. The molecule has 1 aliphatic heterocycles. The van der Waals surface area contributed by atoms with Gasteiger partial charge in [-0.05, 0) is 49.6 Å². The van der Waals surface area contributed by atoms with E-state index in [4.69, 9.17) is 10.2 Å². The maximum Gasteiger partial charge on any atom is 0.293 e. The molecule has 0 bridgehead atoms. The van der Waals surface area contributed by atoms with Crippen LogP contribution >= 0.6 is 0 Å². The molecule has 0 aliphatic carbocycles. The zero-order valence-electron chi connectivity index (χ0n) is 10.8. The van der Waals surface area contributed by atoms with Crippen molar-refractivity contribution < 1.29 is 9.21 Å². The maximum absolute atomic E-state index is 12.5. The highest BCUT2D eigenvalue weighted by Gasteiger charge is 2.25. The molecule has 1 aliphatic rings. The molecule has 3 rings (SSSR count). The summed E-state index contributed by atoms with van der Waals surface area (Å²) in [6.45, 7) is 2.54. The zero-order valence-corrected chi connectivity index (χ0v) is 10.8. The summed E-state index contributed by atoms with van der Waals surface area (Å²) in [4.78, 5) is 14.2. The lowest BCUT2D eigenvalue weighted by Crippen LogP contribution is -2.35. The van der Waals surface area contributed by atoms with Crippen molar-refractivity contribution in [2.45, 2.75) is 19.8 Å². The van der Waals surface area contributed by atoms with Gasteiger partial charge >= 0.3 is 0 Å². The fraction of sp³-hybridized carbons (Fsp3) is 0.267. The van der Waals surface area contributed by atoms with Crippen LogP contribution in [0.15, 0.2) is 34.7 Å². The van der Waals surface area contributed by atoms with Crippen LogP contribution in [0.3, 0.4) is 0 Å². The topological polar surface area (TPSA) is 59.5 Å². The number of anilines is 2. The molecular weight excluding hydrogens is 240 g/mol. The van der Waals surface area contributed by atoms with Crippen LogP contribution in [-0.4, -0.2) is 12.5 Å². The minimum atomic E-state index is -0.0975. The van der Waals surface area contributed by atoms with Gasteiger partial charge in [0.25, 0.3) is 5.91 Å². The number of benzene rings is 1. The highest BCUT2D eigenvalue weighted by Crippen LogP contribution is 2.30. The summed E-state index contributed by atoms with van der Waals surface area (Å²) in [6, 6.07) is 9.26. The third-order valence-electron chi connectivity index (χ3n) is 3.42. The molecular formula is C15H16N2O2. The number of rotatable bonds is 1. The molecule has 0 atom stereocenters. The molecule has 2 aromatic rings. The van der Waals surface area contributed by atoms with Gasteiger partial charge in [0, 0.05) is 17.9 Å². The van der Waals surface area contributed by atoms with Crippen molar-refractivity contribution in [1.29, 1.82) is 0 Å². The van der Waals surface area contributed by atoms with E-state index in [1.807, 2.05) is 25.1 Å². The van der Waals surface area contributed by atoms with E-state index in [1.165, 1.54) is 0 Å². The van der Waals surface area contributed by atoms with Gasteiger partial charge < -0.3 is 15.1 Å². The fourth-order valence-corrected chi connectivity index (χ4v) is 2.49. The Balaban J connectivity index is 1.99. The Morgan fingerprint density at radius 2 is 2.16 bits per heavy atom. The van der Waals surface area contributed by atoms with Gasteiger partial charge in [0.05, 0.1) is 0 Å². The van der Waals surface area contributed by atoms with Crippen LogP contribution in [-0.2, 0) is 6.42 Å². The van der Waals surface area contributed by atoms with E-state index in [9.17, 15) is 4.79 Å². The van der Waals surface area contributed by atoms with Crippen molar-refractivity contribution in [1.82, 2.24) is 0 Å². The number of aryl methyl sites for hydroxylation is 2. The average Bonchev–Trinajstić information content (AvgIpc) is 2.84. The second-order valence-electron chi connectivity index (χ2n) is 4.86. The van der Waals surface area contributed by atoms with Crippen LogP contribution < -0.4 is 10.6 Å². The van der Waals surface area contributed by atoms with Crippen LogP contribution in [0.5, 0.6) is 0 Å². The Kier molecular flexibility index (Phi) is 2.78. The Hall–Kier alpha value is -2.23. The van der Waals surface area contributed by atoms with Crippen LogP contribution in [0.4, 0.5) is 11.4 Å². The number of nitrogens with zero attached hydrogens (tertiary/aromatic N) is 1. The largest absolute Gasteiger partial charge is 0.456 e. The Bertz CT molecular complexity index is 631. The summed E-state index contributed by atoms with van der Waals surface area (Å²) in [5.74, 6) is 1.03. The van der Waals surface area contributed by atoms with Gasteiger partial charge in [-0.15, -0.1) is 0 Å². The zero-order chi connectivity index (χ0) is 13.4. The molecule has 2 heterocycles. The minimum absolute atomic E-state index is 0.0975. The first-order chi connectivity index (χ1) is 9.15. The number of carbonyl (C=O) groups excluding carboxylic acids is 1. The maximum atomic E-state index is 12.5. The number of fused-ring (bicyclic) bond motifs is 1. The van der Waals surface area contributed by atoms with Gasteiger partial charge in [0.15, 0.2) is 5.76 Å². The van der Waals surface area contributed by atoms with Gasteiger partial charge in [0.1, 0.15) is 5.76 Å². The van der Waals surface area contributed by atoms with Gasteiger partial charge in [-0.2, -0.15) is 0 Å². The van der Waals surface area contributed by atoms with Gasteiger partial charge in [-0.25, -0.2) is 0 Å². The van der Waals surface area contributed by atoms with E-state index in [2.05, 4.69) is 0 Å². The van der Waals surface area contributed by atoms with Crippen molar-refractivity contribution in [2.75, 3.05) is 17.2 Å². The monoisotopic (exact) mass is 256 g/mol. The van der Waals surface area contributed by atoms with Crippen molar-refractivity contribution in [3.63, 3.8) is 0 Å².